The van der Waals surface area contributed by atoms with Crippen LogP contribution in [0, 0.1) is 0 Å². The Morgan fingerprint density at radius 2 is 2.00 bits per heavy atom. The maximum atomic E-state index is 12.2. The summed E-state index contributed by atoms with van der Waals surface area (Å²) in [5.74, 6) is -0.0216. The second-order valence-corrected chi connectivity index (χ2v) is 6.87. The fraction of sp³-hybridized carbons (Fsp3) is 0.538. The first-order valence-corrected chi connectivity index (χ1v) is 7.29. The third-order valence-corrected chi connectivity index (χ3v) is 4.31. The minimum Gasteiger partial charge on any atom is -0.398 e. The minimum absolute atomic E-state index is 0.0216. The summed E-state index contributed by atoms with van der Waals surface area (Å²) >= 11 is 1.89. The van der Waals surface area contributed by atoms with Crippen molar-refractivity contribution in [3.8, 4) is 0 Å². The van der Waals surface area contributed by atoms with Gasteiger partial charge in [-0.1, -0.05) is 13.8 Å². The lowest BCUT2D eigenvalue weighted by Gasteiger charge is -2.34. The van der Waals surface area contributed by atoms with Crippen molar-refractivity contribution < 1.29 is 4.79 Å². The zero-order chi connectivity index (χ0) is 14.0. The first kappa shape index (κ1) is 14.0. The van der Waals surface area contributed by atoms with Gasteiger partial charge in [-0.25, -0.2) is 0 Å². The number of nitrogens with two attached hydrogens (primary N) is 1. The SMILES string of the molecule is CC1CN(C(=O)Cn2cc(N)ccc2=O)CC(C)S1. The van der Waals surface area contributed by atoms with Crippen LogP contribution in [0.15, 0.2) is 23.1 Å². The van der Waals surface area contributed by atoms with Gasteiger partial charge < -0.3 is 15.2 Å². The number of thioether (sulfide) groups is 1. The number of anilines is 1. The normalized spacial score (nSPS) is 23.4. The molecule has 1 aliphatic heterocycles. The van der Waals surface area contributed by atoms with E-state index in [2.05, 4.69) is 13.8 Å². The van der Waals surface area contributed by atoms with Gasteiger partial charge in [-0.3, -0.25) is 9.59 Å². The summed E-state index contributed by atoms with van der Waals surface area (Å²) in [7, 11) is 0. The summed E-state index contributed by atoms with van der Waals surface area (Å²) in [5.41, 5.74) is 5.93. The van der Waals surface area contributed by atoms with Gasteiger partial charge in [0.1, 0.15) is 6.54 Å². The molecule has 2 unspecified atom stereocenters. The predicted molar refractivity (Wildman–Crippen MR) is 78.2 cm³/mol. The maximum Gasteiger partial charge on any atom is 0.251 e. The number of carbonyl (C=O) groups excluding carboxylic acids is 1. The predicted octanol–water partition coefficient (Wildman–Crippen LogP) is 0.783. The number of nitrogens with zero attached hydrogens (tertiary/aromatic N) is 2. The van der Waals surface area contributed by atoms with E-state index in [0.717, 1.165) is 13.1 Å². The number of nitrogen functional groups attached to an aromatic ring is 1. The van der Waals surface area contributed by atoms with Gasteiger partial charge in [-0.15, -0.1) is 0 Å². The average Bonchev–Trinajstić information content (AvgIpc) is 2.32. The van der Waals surface area contributed by atoms with Crippen molar-refractivity contribution in [1.29, 1.82) is 0 Å². The minimum atomic E-state index is -0.199. The number of aromatic nitrogens is 1. The third-order valence-electron chi connectivity index (χ3n) is 3.08. The molecule has 6 heteroatoms. The van der Waals surface area contributed by atoms with E-state index in [1.165, 1.54) is 16.8 Å². The van der Waals surface area contributed by atoms with Crippen LogP contribution in [0.3, 0.4) is 0 Å². The van der Waals surface area contributed by atoms with Crippen LogP contribution in [-0.4, -0.2) is 39.0 Å². The fourth-order valence-electron chi connectivity index (χ4n) is 2.30. The molecular weight excluding hydrogens is 262 g/mol. The molecule has 1 aromatic rings. The molecule has 104 valence electrons. The molecule has 2 rings (SSSR count). The lowest BCUT2D eigenvalue weighted by atomic mass is 10.3. The largest absolute Gasteiger partial charge is 0.398 e. The van der Waals surface area contributed by atoms with Crippen LogP contribution < -0.4 is 11.3 Å². The third kappa shape index (κ3) is 3.53. The van der Waals surface area contributed by atoms with Crippen LogP contribution in [0.4, 0.5) is 5.69 Å². The first-order valence-electron chi connectivity index (χ1n) is 6.35. The van der Waals surface area contributed by atoms with Gasteiger partial charge in [0, 0.05) is 41.5 Å². The molecule has 2 heterocycles. The highest BCUT2D eigenvalue weighted by Crippen LogP contribution is 2.24. The Bertz CT molecular complexity index is 519. The molecule has 1 aliphatic rings. The Hall–Kier alpha value is -1.43. The molecule has 19 heavy (non-hydrogen) atoms. The van der Waals surface area contributed by atoms with Crippen molar-refractivity contribution in [1.82, 2.24) is 9.47 Å². The van der Waals surface area contributed by atoms with Gasteiger partial charge >= 0.3 is 0 Å². The number of pyridine rings is 1. The molecule has 2 atom stereocenters. The fourth-order valence-corrected chi connectivity index (χ4v) is 3.63. The standard InChI is InChI=1S/C13H19N3O2S/c1-9-5-15(6-10(2)19-9)13(18)8-16-7-11(14)3-4-12(16)17/h3-4,7,9-10H,5-6,8,14H2,1-2H3. The first-order chi connectivity index (χ1) is 8.95. The summed E-state index contributed by atoms with van der Waals surface area (Å²) in [6.07, 6.45) is 1.52. The van der Waals surface area contributed by atoms with Gasteiger partial charge in [0.25, 0.3) is 5.56 Å². The summed E-state index contributed by atoms with van der Waals surface area (Å²) in [5, 5.41) is 0.871. The Balaban J connectivity index is 2.08. The average molecular weight is 281 g/mol. The quantitative estimate of drug-likeness (QED) is 0.870. The zero-order valence-electron chi connectivity index (χ0n) is 11.2. The summed E-state index contributed by atoms with van der Waals surface area (Å²) < 4.78 is 1.37. The van der Waals surface area contributed by atoms with Crippen molar-refractivity contribution in [2.24, 2.45) is 0 Å². The highest BCUT2D eigenvalue weighted by atomic mass is 32.2. The van der Waals surface area contributed by atoms with Gasteiger partial charge in [0.2, 0.25) is 5.91 Å². The van der Waals surface area contributed by atoms with Crippen LogP contribution in [0.5, 0.6) is 0 Å². The maximum absolute atomic E-state index is 12.2. The lowest BCUT2D eigenvalue weighted by molar-refractivity contribution is -0.132. The van der Waals surface area contributed by atoms with E-state index in [4.69, 9.17) is 5.73 Å². The van der Waals surface area contributed by atoms with E-state index in [-0.39, 0.29) is 18.0 Å². The van der Waals surface area contributed by atoms with Crippen molar-refractivity contribution in [2.75, 3.05) is 18.8 Å². The monoisotopic (exact) mass is 281 g/mol. The topological polar surface area (TPSA) is 68.3 Å². The lowest BCUT2D eigenvalue weighted by Crippen LogP contribution is -2.46. The molecule has 5 nitrogen and oxygen atoms in total. The summed E-state index contributed by atoms with van der Waals surface area (Å²) in [6, 6.07) is 2.94. The van der Waals surface area contributed by atoms with E-state index in [1.54, 1.807) is 6.07 Å². The number of amides is 1. The van der Waals surface area contributed by atoms with Crippen molar-refractivity contribution >= 4 is 23.4 Å². The number of hydrogen-bond acceptors (Lipinski definition) is 4. The molecular formula is C13H19N3O2S. The van der Waals surface area contributed by atoms with Gasteiger partial charge in [0.15, 0.2) is 0 Å². The van der Waals surface area contributed by atoms with E-state index in [1.807, 2.05) is 16.7 Å². The zero-order valence-corrected chi connectivity index (χ0v) is 12.0. The molecule has 1 saturated heterocycles. The molecule has 0 aromatic carbocycles. The number of carbonyl (C=O) groups is 1. The van der Waals surface area contributed by atoms with Crippen LogP contribution in [-0.2, 0) is 11.3 Å². The van der Waals surface area contributed by atoms with Gasteiger partial charge in [0.05, 0.1) is 0 Å². The number of hydrogen-bond donors (Lipinski definition) is 1. The van der Waals surface area contributed by atoms with Crippen LogP contribution in [0.2, 0.25) is 0 Å². The molecule has 1 aromatic heterocycles. The summed E-state index contributed by atoms with van der Waals surface area (Å²) in [6.45, 7) is 5.78. The van der Waals surface area contributed by atoms with Crippen molar-refractivity contribution in [2.45, 2.75) is 30.9 Å². The molecule has 0 spiro atoms. The van der Waals surface area contributed by atoms with E-state index < -0.39 is 0 Å². The van der Waals surface area contributed by atoms with Crippen molar-refractivity contribution in [3.63, 3.8) is 0 Å². The summed E-state index contributed by atoms with van der Waals surface area (Å²) in [4.78, 5) is 25.7. The highest BCUT2D eigenvalue weighted by molar-refractivity contribution is 8.00. The Morgan fingerprint density at radius 3 is 2.63 bits per heavy atom. The van der Waals surface area contributed by atoms with Gasteiger partial charge in [-0.05, 0) is 6.07 Å². The Morgan fingerprint density at radius 1 is 1.37 bits per heavy atom. The highest BCUT2D eigenvalue weighted by Gasteiger charge is 2.25. The van der Waals surface area contributed by atoms with Crippen molar-refractivity contribution in [3.05, 3.63) is 28.7 Å². The van der Waals surface area contributed by atoms with E-state index in [9.17, 15) is 9.59 Å². The molecule has 1 amide bonds. The number of rotatable bonds is 2. The van der Waals surface area contributed by atoms with E-state index >= 15 is 0 Å². The van der Waals surface area contributed by atoms with Gasteiger partial charge in [-0.2, -0.15) is 11.8 Å². The molecule has 0 saturated carbocycles. The Labute approximate surface area is 116 Å². The second-order valence-electron chi connectivity index (χ2n) is 4.98. The molecule has 0 radical (unpaired) electrons. The van der Waals surface area contributed by atoms with Crippen LogP contribution in [0.1, 0.15) is 13.8 Å². The molecule has 0 bridgehead atoms. The molecule has 2 N–H and O–H groups in total. The van der Waals surface area contributed by atoms with Crippen LogP contribution in [0.25, 0.3) is 0 Å². The smallest absolute Gasteiger partial charge is 0.251 e. The second kappa shape index (κ2) is 5.69. The Kier molecular flexibility index (Phi) is 4.19. The van der Waals surface area contributed by atoms with E-state index in [0.29, 0.717) is 16.2 Å². The van der Waals surface area contributed by atoms with Crippen LogP contribution >= 0.6 is 11.8 Å². The molecule has 1 fully saturated rings. The molecule has 0 aliphatic carbocycles.